The van der Waals surface area contributed by atoms with Crippen LogP contribution in [0.3, 0.4) is 0 Å². The lowest BCUT2D eigenvalue weighted by Crippen LogP contribution is -2.47. The molecule has 132 valence electrons. The SMILES string of the molecule is CC(C)(C)CC(=O)N1CCC(NC(=O)Cc2ccccc2F)CC1. The Morgan fingerprint density at radius 2 is 1.83 bits per heavy atom. The Balaban J connectivity index is 1.77. The molecule has 0 aliphatic carbocycles. The van der Waals surface area contributed by atoms with Gasteiger partial charge in [0.05, 0.1) is 6.42 Å². The fraction of sp³-hybridized carbons (Fsp3) is 0.579. The minimum absolute atomic E-state index is 0.0120. The highest BCUT2D eigenvalue weighted by atomic mass is 19.1. The van der Waals surface area contributed by atoms with Gasteiger partial charge in [0.25, 0.3) is 0 Å². The van der Waals surface area contributed by atoms with E-state index in [2.05, 4.69) is 26.1 Å². The van der Waals surface area contributed by atoms with Crippen LogP contribution in [0.1, 0.15) is 45.6 Å². The van der Waals surface area contributed by atoms with E-state index in [-0.39, 0.29) is 35.5 Å². The van der Waals surface area contributed by atoms with Gasteiger partial charge in [-0.1, -0.05) is 39.0 Å². The van der Waals surface area contributed by atoms with Gasteiger partial charge < -0.3 is 10.2 Å². The number of carbonyl (C=O) groups is 2. The summed E-state index contributed by atoms with van der Waals surface area (Å²) in [5.74, 6) is -0.339. The predicted octanol–water partition coefficient (Wildman–Crippen LogP) is 2.91. The standard InChI is InChI=1S/C19H27FN2O2/c1-19(2,3)13-18(24)22-10-8-15(9-11-22)21-17(23)12-14-6-4-5-7-16(14)20/h4-7,15H,8-13H2,1-3H3,(H,21,23). The molecule has 0 atom stereocenters. The van der Waals surface area contributed by atoms with Crippen molar-refractivity contribution in [3.63, 3.8) is 0 Å². The van der Waals surface area contributed by atoms with Crippen molar-refractivity contribution in [1.82, 2.24) is 10.2 Å². The molecule has 1 heterocycles. The fourth-order valence-corrected chi connectivity index (χ4v) is 2.93. The second-order valence-corrected chi connectivity index (χ2v) is 7.73. The summed E-state index contributed by atoms with van der Waals surface area (Å²) in [7, 11) is 0. The van der Waals surface area contributed by atoms with Crippen LogP contribution >= 0.6 is 0 Å². The van der Waals surface area contributed by atoms with Crippen LogP contribution in [0, 0.1) is 11.2 Å². The maximum atomic E-state index is 13.6. The summed E-state index contributed by atoms with van der Waals surface area (Å²) in [6, 6.07) is 6.39. The molecular formula is C19H27FN2O2. The molecule has 4 nitrogen and oxygen atoms in total. The summed E-state index contributed by atoms with van der Waals surface area (Å²) < 4.78 is 13.6. The van der Waals surface area contributed by atoms with Gasteiger partial charge in [-0.2, -0.15) is 0 Å². The van der Waals surface area contributed by atoms with Gasteiger partial charge in [-0.25, -0.2) is 4.39 Å². The van der Waals surface area contributed by atoms with Crippen molar-refractivity contribution >= 4 is 11.8 Å². The Morgan fingerprint density at radius 1 is 1.21 bits per heavy atom. The number of carbonyl (C=O) groups excluding carboxylic acids is 2. The zero-order valence-electron chi connectivity index (χ0n) is 14.8. The molecule has 1 aromatic rings. The maximum Gasteiger partial charge on any atom is 0.224 e. The van der Waals surface area contributed by atoms with Crippen LogP contribution in [-0.2, 0) is 16.0 Å². The van der Waals surface area contributed by atoms with Gasteiger partial charge in [0, 0.05) is 25.6 Å². The summed E-state index contributed by atoms with van der Waals surface area (Å²) in [5, 5.41) is 2.96. The average Bonchev–Trinajstić information content (AvgIpc) is 2.48. The summed E-state index contributed by atoms with van der Waals surface area (Å²) in [5.41, 5.74) is 0.398. The first-order valence-corrected chi connectivity index (χ1v) is 8.55. The van der Waals surface area contributed by atoms with Crippen molar-refractivity contribution in [3.05, 3.63) is 35.6 Å². The number of nitrogens with one attached hydrogen (secondary N) is 1. The highest BCUT2D eigenvalue weighted by molar-refractivity contribution is 5.79. The second kappa shape index (κ2) is 7.77. The monoisotopic (exact) mass is 334 g/mol. The van der Waals surface area contributed by atoms with Gasteiger partial charge in [0.2, 0.25) is 11.8 Å². The van der Waals surface area contributed by atoms with Gasteiger partial charge in [0.15, 0.2) is 0 Å². The van der Waals surface area contributed by atoms with E-state index in [4.69, 9.17) is 0 Å². The lowest BCUT2D eigenvalue weighted by atomic mass is 9.91. The Bertz CT molecular complexity index is 587. The normalized spacial score (nSPS) is 16.1. The van der Waals surface area contributed by atoms with Crippen LogP contribution in [0.2, 0.25) is 0 Å². The quantitative estimate of drug-likeness (QED) is 0.920. The zero-order valence-corrected chi connectivity index (χ0v) is 14.8. The van der Waals surface area contributed by atoms with E-state index in [1.165, 1.54) is 6.07 Å². The topological polar surface area (TPSA) is 49.4 Å². The number of benzene rings is 1. The summed E-state index contributed by atoms with van der Waals surface area (Å²) >= 11 is 0. The van der Waals surface area contributed by atoms with Crippen LogP contribution in [0.4, 0.5) is 4.39 Å². The molecule has 0 spiro atoms. The third-order valence-electron chi connectivity index (χ3n) is 4.20. The molecule has 1 saturated heterocycles. The molecule has 1 aliphatic heterocycles. The summed E-state index contributed by atoms with van der Waals surface area (Å²) in [6.07, 6.45) is 2.09. The number of halogens is 1. The number of rotatable bonds is 4. The fourth-order valence-electron chi connectivity index (χ4n) is 2.93. The number of nitrogens with zero attached hydrogens (tertiary/aromatic N) is 1. The highest BCUT2D eigenvalue weighted by Gasteiger charge is 2.26. The van der Waals surface area contributed by atoms with Gasteiger partial charge >= 0.3 is 0 Å². The van der Waals surface area contributed by atoms with E-state index in [0.29, 0.717) is 25.1 Å². The number of piperidine rings is 1. The molecule has 0 saturated carbocycles. The molecule has 5 heteroatoms. The molecule has 2 rings (SSSR count). The Labute approximate surface area is 143 Å². The zero-order chi connectivity index (χ0) is 17.7. The molecule has 0 unspecified atom stereocenters. The number of hydrogen-bond acceptors (Lipinski definition) is 2. The average molecular weight is 334 g/mol. The highest BCUT2D eigenvalue weighted by Crippen LogP contribution is 2.21. The van der Waals surface area contributed by atoms with Crippen LogP contribution in [0.15, 0.2) is 24.3 Å². The molecule has 0 bridgehead atoms. The first-order valence-electron chi connectivity index (χ1n) is 8.55. The van der Waals surface area contributed by atoms with Crippen molar-refractivity contribution in [2.75, 3.05) is 13.1 Å². The Kier molecular flexibility index (Phi) is 5.97. The van der Waals surface area contributed by atoms with E-state index in [1.54, 1.807) is 18.2 Å². The predicted molar refractivity (Wildman–Crippen MR) is 91.9 cm³/mol. The molecule has 0 aromatic heterocycles. The molecule has 24 heavy (non-hydrogen) atoms. The molecule has 1 fully saturated rings. The largest absolute Gasteiger partial charge is 0.353 e. The molecular weight excluding hydrogens is 307 g/mol. The van der Waals surface area contributed by atoms with E-state index in [1.807, 2.05) is 4.90 Å². The van der Waals surface area contributed by atoms with Crippen LogP contribution in [-0.4, -0.2) is 35.8 Å². The van der Waals surface area contributed by atoms with E-state index in [9.17, 15) is 14.0 Å². The third kappa shape index (κ3) is 5.62. The molecule has 1 aromatic carbocycles. The van der Waals surface area contributed by atoms with Crippen molar-refractivity contribution in [2.24, 2.45) is 5.41 Å². The Hall–Kier alpha value is -1.91. The second-order valence-electron chi connectivity index (χ2n) is 7.73. The van der Waals surface area contributed by atoms with Gasteiger partial charge in [-0.3, -0.25) is 9.59 Å². The molecule has 1 N–H and O–H groups in total. The smallest absolute Gasteiger partial charge is 0.224 e. The van der Waals surface area contributed by atoms with Crippen molar-refractivity contribution in [2.45, 2.75) is 52.5 Å². The van der Waals surface area contributed by atoms with E-state index in [0.717, 1.165) is 12.8 Å². The van der Waals surface area contributed by atoms with Crippen molar-refractivity contribution < 1.29 is 14.0 Å². The molecule has 0 radical (unpaired) electrons. The lowest BCUT2D eigenvalue weighted by molar-refractivity contribution is -0.134. The van der Waals surface area contributed by atoms with Crippen LogP contribution in [0.5, 0.6) is 0 Å². The van der Waals surface area contributed by atoms with Crippen molar-refractivity contribution in [3.8, 4) is 0 Å². The summed E-state index contributed by atoms with van der Waals surface area (Å²) in [6.45, 7) is 7.50. The summed E-state index contributed by atoms with van der Waals surface area (Å²) in [4.78, 5) is 26.2. The van der Waals surface area contributed by atoms with Gasteiger partial charge in [-0.05, 0) is 29.9 Å². The number of amides is 2. The number of hydrogen-bond donors (Lipinski definition) is 1. The van der Waals surface area contributed by atoms with Gasteiger partial charge in [-0.15, -0.1) is 0 Å². The van der Waals surface area contributed by atoms with Crippen LogP contribution in [0.25, 0.3) is 0 Å². The number of likely N-dealkylation sites (tertiary alicyclic amines) is 1. The first-order chi connectivity index (χ1) is 11.2. The third-order valence-corrected chi connectivity index (χ3v) is 4.20. The van der Waals surface area contributed by atoms with Crippen molar-refractivity contribution in [1.29, 1.82) is 0 Å². The Morgan fingerprint density at radius 3 is 2.42 bits per heavy atom. The lowest BCUT2D eigenvalue weighted by Gasteiger charge is -2.34. The van der Waals surface area contributed by atoms with E-state index >= 15 is 0 Å². The minimum atomic E-state index is -0.352. The van der Waals surface area contributed by atoms with Crippen LogP contribution < -0.4 is 5.32 Å². The molecule has 2 amide bonds. The first kappa shape index (κ1) is 18.4. The molecule has 1 aliphatic rings. The maximum absolute atomic E-state index is 13.6. The van der Waals surface area contributed by atoms with E-state index < -0.39 is 0 Å². The van der Waals surface area contributed by atoms with Gasteiger partial charge in [0.1, 0.15) is 5.82 Å². The minimum Gasteiger partial charge on any atom is -0.353 e.